The van der Waals surface area contributed by atoms with Crippen LogP contribution in [0.2, 0.25) is 0 Å². The molecule has 1 atom stereocenters. The number of aryl methyl sites for hydroxylation is 1. The normalized spacial score (nSPS) is 12.4. The van der Waals surface area contributed by atoms with Crippen LogP contribution in [0.15, 0.2) is 30.3 Å². The molecule has 1 aromatic heterocycles. The standard InChI is InChI=1S/C19H20F3N3O3/c1-4-14(26)10-17-23-11(2)8-16(25-17)18(27)24-12(3)13-6-5-7-15(9-13)28-19(20,21)22/h5-9,12H,4,10H2,1-3H3,(H,24,27). The van der Waals surface area contributed by atoms with Gasteiger partial charge in [-0.1, -0.05) is 19.1 Å². The molecule has 0 aliphatic rings. The van der Waals surface area contributed by atoms with Gasteiger partial charge in [0.25, 0.3) is 5.91 Å². The summed E-state index contributed by atoms with van der Waals surface area (Å²) in [7, 11) is 0. The summed E-state index contributed by atoms with van der Waals surface area (Å²) in [6, 6.07) is 6.24. The molecular formula is C19H20F3N3O3. The molecule has 0 saturated carbocycles. The van der Waals surface area contributed by atoms with Gasteiger partial charge in [-0.3, -0.25) is 9.59 Å². The number of alkyl halides is 3. The van der Waals surface area contributed by atoms with Crippen LogP contribution < -0.4 is 10.1 Å². The maximum atomic E-state index is 12.5. The van der Waals surface area contributed by atoms with E-state index >= 15 is 0 Å². The molecule has 0 saturated heterocycles. The van der Waals surface area contributed by atoms with Gasteiger partial charge in [-0.25, -0.2) is 9.97 Å². The molecule has 0 fully saturated rings. The SMILES string of the molecule is CCC(=O)Cc1nc(C)cc(C(=O)NC(C)c2cccc(OC(F)(F)F)c2)n1. The van der Waals surface area contributed by atoms with Crippen molar-refractivity contribution in [3.8, 4) is 5.75 Å². The number of carbonyl (C=O) groups excluding carboxylic acids is 2. The Labute approximate surface area is 160 Å². The lowest BCUT2D eigenvalue weighted by atomic mass is 10.1. The van der Waals surface area contributed by atoms with E-state index in [-0.39, 0.29) is 29.5 Å². The lowest BCUT2D eigenvalue weighted by Gasteiger charge is -2.16. The third-order valence-corrected chi connectivity index (χ3v) is 3.82. The largest absolute Gasteiger partial charge is 0.573 e. The average Bonchev–Trinajstić information content (AvgIpc) is 2.59. The quantitative estimate of drug-likeness (QED) is 0.773. The van der Waals surface area contributed by atoms with E-state index in [9.17, 15) is 22.8 Å². The van der Waals surface area contributed by atoms with Gasteiger partial charge in [0.05, 0.1) is 12.5 Å². The van der Waals surface area contributed by atoms with Crippen LogP contribution in [0, 0.1) is 6.92 Å². The predicted octanol–water partition coefficient (Wildman–Crippen LogP) is 3.70. The van der Waals surface area contributed by atoms with Gasteiger partial charge in [0.15, 0.2) is 0 Å². The first-order valence-electron chi connectivity index (χ1n) is 8.60. The lowest BCUT2D eigenvalue weighted by molar-refractivity contribution is -0.274. The molecule has 1 aromatic carbocycles. The van der Waals surface area contributed by atoms with Gasteiger partial charge in [0.1, 0.15) is 23.1 Å². The number of nitrogens with one attached hydrogen (secondary N) is 1. The van der Waals surface area contributed by atoms with Crippen molar-refractivity contribution in [1.29, 1.82) is 0 Å². The van der Waals surface area contributed by atoms with Crippen molar-refractivity contribution in [2.24, 2.45) is 0 Å². The number of carbonyl (C=O) groups is 2. The number of halogens is 3. The summed E-state index contributed by atoms with van der Waals surface area (Å²) in [5.41, 5.74) is 1.05. The zero-order chi connectivity index (χ0) is 20.9. The second-order valence-corrected chi connectivity index (χ2v) is 6.20. The number of rotatable bonds is 7. The molecule has 0 spiro atoms. The second-order valence-electron chi connectivity index (χ2n) is 6.20. The van der Waals surface area contributed by atoms with Crippen molar-refractivity contribution in [3.63, 3.8) is 0 Å². The maximum Gasteiger partial charge on any atom is 0.573 e. The third-order valence-electron chi connectivity index (χ3n) is 3.82. The number of ether oxygens (including phenoxy) is 1. The summed E-state index contributed by atoms with van der Waals surface area (Å²) in [6.07, 6.45) is -4.42. The highest BCUT2D eigenvalue weighted by Gasteiger charge is 2.31. The van der Waals surface area contributed by atoms with E-state index in [1.165, 1.54) is 24.3 Å². The zero-order valence-corrected chi connectivity index (χ0v) is 15.6. The highest BCUT2D eigenvalue weighted by molar-refractivity contribution is 5.92. The molecule has 6 nitrogen and oxygen atoms in total. The minimum Gasteiger partial charge on any atom is -0.406 e. The molecule has 1 unspecified atom stereocenters. The van der Waals surface area contributed by atoms with Gasteiger partial charge >= 0.3 is 6.36 Å². The van der Waals surface area contributed by atoms with Gasteiger partial charge in [-0.2, -0.15) is 0 Å². The van der Waals surface area contributed by atoms with E-state index in [0.29, 0.717) is 17.7 Å². The van der Waals surface area contributed by atoms with Gasteiger partial charge in [-0.15, -0.1) is 13.2 Å². The fourth-order valence-electron chi connectivity index (χ4n) is 2.46. The van der Waals surface area contributed by atoms with E-state index in [2.05, 4.69) is 20.0 Å². The number of ketones is 1. The number of hydrogen-bond donors (Lipinski definition) is 1. The zero-order valence-electron chi connectivity index (χ0n) is 15.6. The summed E-state index contributed by atoms with van der Waals surface area (Å²) in [5, 5.41) is 2.67. The average molecular weight is 395 g/mol. The maximum absolute atomic E-state index is 12.5. The van der Waals surface area contributed by atoms with Gasteiger partial charge in [0, 0.05) is 12.1 Å². The van der Waals surface area contributed by atoms with Crippen LogP contribution in [-0.2, 0) is 11.2 Å². The number of aromatic nitrogens is 2. The Morgan fingerprint density at radius 1 is 1.21 bits per heavy atom. The van der Waals surface area contributed by atoms with Gasteiger partial charge in [-0.05, 0) is 37.6 Å². The number of hydrogen-bond acceptors (Lipinski definition) is 5. The van der Waals surface area contributed by atoms with Crippen molar-refractivity contribution in [2.75, 3.05) is 0 Å². The van der Waals surface area contributed by atoms with E-state index in [1.54, 1.807) is 26.8 Å². The topological polar surface area (TPSA) is 81.2 Å². The van der Waals surface area contributed by atoms with Crippen molar-refractivity contribution >= 4 is 11.7 Å². The highest BCUT2D eigenvalue weighted by Crippen LogP contribution is 2.25. The number of benzene rings is 1. The number of amides is 1. The minimum absolute atomic E-state index is 0.0326. The molecule has 28 heavy (non-hydrogen) atoms. The highest BCUT2D eigenvalue weighted by atomic mass is 19.4. The van der Waals surface area contributed by atoms with Crippen LogP contribution in [0.4, 0.5) is 13.2 Å². The van der Waals surface area contributed by atoms with E-state index in [4.69, 9.17) is 0 Å². The molecule has 1 amide bonds. The summed E-state index contributed by atoms with van der Waals surface area (Å²) < 4.78 is 41.0. The van der Waals surface area contributed by atoms with E-state index < -0.39 is 18.3 Å². The smallest absolute Gasteiger partial charge is 0.406 e. The Kier molecular flexibility index (Phi) is 6.71. The van der Waals surface area contributed by atoms with Crippen LogP contribution in [0.1, 0.15) is 53.9 Å². The molecular weight excluding hydrogens is 375 g/mol. The van der Waals surface area contributed by atoms with Crippen LogP contribution in [0.5, 0.6) is 5.75 Å². The molecule has 1 heterocycles. The van der Waals surface area contributed by atoms with Crippen LogP contribution >= 0.6 is 0 Å². The predicted molar refractivity (Wildman–Crippen MR) is 94.8 cm³/mol. The fourth-order valence-corrected chi connectivity index (χ4v) is 2.46. The molecule has 1 N–H and O–H groups in total. The van der Waals surface area contributed by atoms with E-state index in [1.807, 2.05) is 0 Å². The van der Waals surface area contributed by atoms with Crippen molar-refractivity contribution in [2.45, 2.75) is 46.0 Å². The molecule has 0 radical (unpaired) electrons. The first kappa shape index (κ1) is 21.3. The minimum atomic E-state index is -4.80. The van der Waals surface area contributed by atoms with Gasteiger partial charge in [0.2, 0.25) is 0 Å². The van der Waals surface area contributed by atoms with E-state index in [0.717, 1.165) is 0 Å². The number of nitrogens with zero attached hydrogens (tertiary/aromatic N) is 2. The summed E-state index contributed by atoms with van der Waals surface area (Å²) in [4.78, 5) is 32.4. The van der Waals surface area contributed by atoms with Crippen LogP contribution in [0.3, 0.4) is 0 Å². The summed E-state index contributed by atoms with van der Waals surface area (Å²) in [6.45, 7) is 5.03. The third kappa shape index (κ3) is 6.33. The Bertz CT molecular complexity index is 869. The monoisotopic (exact) mass is 395 g/mol. The van der Waals surface area contributed by atoms with Crippen LogP contribution in [-0.4, -0.2) is 28.0 Å². The molecule has 0 aliphatic carbocycles. The molecule has 0 bridgehead atoms. The second kappa shape index (κ2) is 8.81. The Balaban J connectivity index is 2.14. The van der Waals surface area contributed by atoms with Crippen molar-refractivity contribution in [1.82, 2.24) is 15.3 Å². The van der Waals surface area contributed by atoms with Gasteiger partial charge < -0.3 is 10.1 Å². The summed E-state index contributed by atoms with van der Waals surface area (Å²) in [5.74, 6) is -0.688. The first-order chi connectivity index (χ1) is 13.1. The first-order valence-corrected chi connectivity index (χ1v) is 8.60. The molecule has 2 aromatic rings. The van der Waals surface area contributed by atoms with Crippen LogP contribution in [0.25, 0.3) is 0 Å². The molecule has 150 valence electrons. The van der Waals surface area contributed by atoms with Crippen molar-refractivity contribution < 1.29 is 27.5 Å². The Morgan fingerprint density at radius 2 is 1.93 bits per heavy atom. The molecule has 0 aliphatic heterocycles. The van der Waals surface area contributed by atoms with Crippen molar-refractivity contribution in [3.05, 3.63) is 53.1 Å². The lowest BCUT2D eigenvalue weighted by Crippen LogP contribution is -2.28. The molecule has 2 rings (SSSR count). The Hall–Kier alpha value is -2.97. The summed E-state index contributed by atoms with van der Waals surface area (Å²) >= 11 is 0. The Morgan fingerprint density at radius 3 is 2.57 bits per heavy atom. The molecule has 9 heteroatoms. The fraction of sp³-hybridized carbons (Fsp3) is 0.368. The number of Topliss-reactive ketones (excluding diaryl/α,β-unsaturated/α-hetero) is 1.